The first-order valence-corrected chi connectivity index (χ1v) is 9.07. The van der Waals surface area contributed by atoms with Gasteiger partial charge >= 0.3 is 0 Å². The second-order valence-corrected chi connectivity index (χ2v) is 7.72. The molecule has 0 bridgehead atoms. The third-order valence-electron chi connectivity index (χ3n) is 5.49. The maximum absolute atomic E-state index is 12.8. The van der Waals surface area contributed by atoms with Gasteiger partial charge in [-0.05, 0) is 43.5 Å². The topological polar surface area (TPSA) is 61.4 Å². The highest BCUT2D eigenvalue weighted by Crippen LogP contribution is 2.47. The van der Waals surface area contributed by atoms with Gasteiger partial charge in [0.25, 0.3) is 0 Å². The van der Waals surface area contributed by atoms with Crippen LogP contribution in [0.1, 0.15) is 24.8 Å². The van der Waals surface area contributed by atoms with Gasteiger partial charge in [0.05, 0.1) is 21.4 Å². The van der Waals surface area contributed by atoms with Crippen LogP contribution in [-0.4, -0.2) is 42.9 Å². The van der Waals surface area contributed by atoms with Crippen molar-refractivity contribution in [2.45, 2.75) is 24.7 Å². The molecule has 1 aromatic rings. The lowest BCUT2D eigenvalue weighted by Gasteiger charge is -2.28. The highest BCUT2D eigenvalue weighted by atomic mass is 35.5. The predicted molar refractivity (Wildman–Crippen MR) is 93.6 cm³/mol. The van der Waals surface area contributed by atoms with Gasteiger partial charge in [-0.25, -0.2) is 0 Å². The SMILES string of the molecule is O=C([C@@H]1CCCNC1)N1CC[C@]2(C1)C(=O)Nc1cc(Cl)c(Cl)cc12. The molecule has 4 rings (SSSR count). The minimum absolute atomic E-state index is 0.0200. The van der Waals surface area contributed by atoms with Crippen LogP contribution in [0.4, 0.5) is 5.69 Å². The average molecular weight is 368 g/mol. The van der Waals surface area contributed by atoms with Crippen molar-refractivity contribution < 1.29 is 9.59 Å². The Bertz CT molecular complexity index is 718. The van der Waals surface area contributed by atoms with Crippen LogP contribution in [0.15, 0.2) is 12.1 Å². The van der Waals surface area contributed by atoms with E-state index in [0.29, 0.717) is 35.2 Å². The molecule has 5 nitrogen and oxygen atoms in total. The lowest BCUT2D eigenvalue weighted by molar-refractivity contribution is -0.135. The summed E-state index contributed by atoms with van der Waals surface area (Å²) < 4.78 is 0. The van der Waals surface area contributed by atoms with Crippen molar-refractivity contribution >= 4 is 40.7 Å². The fraction of sp³-hybridized carbons (Fsp3) is 0.529. The van der Waals surface area contributed by atoms with Crippen LogP contribution in [-0.2, 0) is 15.0 Å². The van der Waals surface area contributed by atoms with E-state index < -0.39 is 5.41 Å². The second-order valence-electron chi connectivity index (χ2n) is 6.90. The summed E-state index contributed by atoms with van der Waals surface area (Å²) in [5.74, 6) is 0.111. The van der Waals surface area contributed by atoms with Crippen molar-refractivity contribution in [2.24, 2.45) is 5.92 Å². The summed E-state index contributed by atoms with van der Waals surface area (Å²) in [7, 11) is 0. The van der Waals surface area contributed by atoms with E-state index in [4.69, 9.17) is 23.2 Å². The van der Waals surface area contributed by atoms with Crippen LogP contribution >= 0.6 is 23.2 Å². The average Bonchev–Trinajstić information content (AvgIpc) is 3.13. The number of nitrogens with one attached hydrogen (secondary N) is 2. The number of rotatable bonds is 1. The van der Waals surface area contributed by atoms with E-state index >= 15 is 0 Å². The van der Waals surface area contributed by atoms with Crippen LogP contribution in [0.2, 0.25) is 10.0 Å². The molecule has 0 radical (unpaired) electrons. The molecule has 3 aliphatic rings. The van der Waals surface area contributed by atoms with Crippen molar-refractivity contribution in [3.05, 3.63) is 27.7 Å². The van der Waals surface area contributed by atoms with Gasteiger partial charge in [-0.3, -0.25) is 9.59 Å². The summed E-state index contributed by atoms with van der Waals surface area (Å²) in [6.07, 6.45) is 2.56. The van der Waals surface area contributed by atoms with E-state index in [1.807, 2.05) is 4.90 Å². The molecule has 0 aliphatic carbocycles. The van der Waals surface area contributed by atoms with E-state index in [9.17, 15) is 9.59 Å². The van der Waals surface area contributed by atoms with E-state index in [-0.39, 0.29) is 17.7 Å². The number of anilines is 1. The first kappa shape index (κ1) is 16.2. The Labute approximate surface area is 150 Å². The Morgan fingerprint density at radius 3 is 2.83 bits per heavy atom. The molecule has 0 aromatic heterocycles. The standard InChI is InChI=1S/C17H19Cl2N3O2/c18-12-6-11-14(7-13(12)19)21-16(24)17(11)3-5-22(9-17)15(23)10-2-1-4-20-8-10/h6-7,10,20H,1-5,8-9H2,(H,21,24)/t10-,17-/m1/s1. The Morgan fingerprint density at radius 2 is 2.08 bits per heavy atom. The maximum atomic E-state index is 12.8. The molecule has 2 saturated heterocycles. The van der Waals surface area contributed by atoms with Gasteiger partial charge in [-0.15, -0.1) is 0 Å². The molecule has 2 amide bonds. The molecule has 0 saturated carbocycles. The Kier molecular flexibility index (Phi) is 3.98. The third-order valence-corrected chi connectivity index (χ3v) is 6.21. The van der Waals surface area contributed by atoms with Crippen LogP contribution in [0.3, 0.4) is 0 Å². The molecule has 2 fully saturated rings. The largest absolute Gasteiger partial charge is 0.341 e. The van der Waals surface area contributed by atoms with Gasteiger partial charge in [0.2, 0.25) is 11.8 Å². The summed E-state index contributed by atoms with van der Waals surface area (Å²) in [6.45, 7) is 2.72. The Hall–Kier alpha value is -1.30. The molecular formula is C17H19Cl2N3O2. The number of halogens is 2. The van der Waals surface area contributed by atoms with Gasteiger partial charge in [0, 0.05) is 25.3 Å². The molecule has 3 heterocycles. The van der Waals surface area contributed by atoms with Crippen LogP contribution < -0.4 is 10.6 Å². The third kappa shape index (κ3) is 2.41. The quantitative estimate of drug-likeness (QED) is 0.801. The summed E-state index contributed by atoms with van der Waals surface area (Å²) in [6, 6.07) is 3.47. The van der Waals surface area contributed by atoms with E-state index in [0.717, 1.165) is 31.5 Å². The zero-order chi connectivity index (χ0) is 16.9. The molecule has 1 aromatic carbocycles. The summed E-state index contributed by atoms with van der Waals surface area (Å²) in [5, 5.41) is 7.05. The molecule has 1 spiro atoms. The number of amides is 2. The number of likely N-dealkylation sites (tertiary alicyclic amines) is 1. The molecule has 2 N–H and O–H groups in total. The van der Waals surface area contributed by atoms with Crippen molar-refractivity contribution in [3.8, 4) is 0 Å². The Morgan fingerprint density at radius 1 is 1.29 bits per heavy atom. The number of fused-ring (bicyclic) bond motifs is 2. The molecule has 7 heteroatoms. The first-order chi connectivity index (χ1) is 11.5. The fourth-order valence-corrected chi connectivity index (χ4v) is 4.46. The highest BCUT2D eigenvalue weighted by Gasteiger charge is 2.52. The lowest BCUT2D eigenvalue weighted by atomic mass is 9.81. The number of benzene rings is 1. The highest BCUT2D eigenvalue weighted by molar-refractivity contribution is 6.42. The van der Waals surface area contributed by atoms with Gasteiger partial charge in [-0.2, -0.15) is 0 Å². The van der Waals surface area contributed by atoms with Crippen molar-refractivity contribution in [1.29, 1.82) is 0 Å². The predicted octanol–water partition coefficient (Wildman–Crippen LogP) is 2.42. The normalized spacial score (nSPS) is 29.0. The van der Waals surface area contributed by atoms with Crippen molar-refractivity contribution in [1.82, 2.24) is 10.2 Å². The van der Waals surface area contributed by atoms with Gasteiger partial charge in [0.15, 0.2) is 0 Å². The van der Waals surface area contributed by atoms with Crippen molar-refractivity contribution in [2.75, 3.05) is 31.5 Å². The smallest absolute Gasteiger partial charge is 0.237 e. The summed E-state index contributed by atoms with van der Waals surface area (Å²) >= 11 is 12.2. The number of piperidine rings is 1. The van der Waals surface area contributed by atoms with E-state index in [1.54, 1.807) is 12.1 Å². The molecule has 24 heavy (non-hydrogen) atoms. The van der Waals surface area contributed by atoms with Crippen LogP contribution in [0.25, 0.3) is 0 Å². The maximum Gasteiger partial charge on any atom is 0.237 e. The molecular weight excluding hydrogens is 349 g/mol. The van der Waals surface area contributed by atoms with Crippen LogP contribution in [0, 0.1) is 5.92 Å². The van der Waals surface area contributed by atoms with Crippen LogP contribution in [0.5, 0.6) is 0 Å². The second kappa shape index (κ2) is 5.90. The molecule has 128 valence electrons. The number of nitrogens with zero attached hydrogens (tertiary/aromatic N) is 1. The Balaban J connectivity index is 1.61. The summed E-state index contributed by atoms with van der Waals surface area (Å²) in [4.78, 5) is 27.3. The van der Waals surface area contributed by atoms with E-state index in [2.05, 4.69) is 10.6 Å². The fourth-order valence-electron chi connectivity index (χ4n) is 4.13. The zero-order valence-corrected chi connectivity index (χ0v) is 14.7. The van der Waals surface area contributed by atoms with E-state index in [1.165, 1.54) is 0 Å². The lowest BCUT2D eigenvalue weighted by Crippen LogP contribution is -2.44. The first-order valence-electron chi connectivity index (χ1n) is 8.32. The molecule has 0 unspecified atom stereocenters. The zero-order valence-electron chi connectivity index (χ0n) is 13.2. The monoisotopic (exact) mass is 367 g/mol. The van der Waals surface area contributed by atoms with Gasteiger partial charge < -0.3 is 15.5 Å². The number of hydrogen-bond acceptors (Lipinski definition) is 3. The molecule has 3 aliphatic heterocycles. The summed E-state index contributed by atoms with van der Waals surface area (Å²) in [5.41, 5.74) is 0.878. The molecule has 2 atom stereocenters. The van der Waals surface area contributed by atoms with Crippen molar-refractivity contribution in [3.63, 3.8) is 0 Å². The minimum atomic E-state index is -0.693. The van der Waals surface area contributed by atoms with Gasteiger partial charge in [0.1, 0.15) is 0 Å². The number of hydrogen-bond donors (Lipinski definition) is 2. The van der Waals surface area contributed by atoms with Gasteiger partial charge in [-0.1, -0.05) is 23.2 Å². The number of carbonyl (C=O) groups is 2. The minimum Gasteiger partial charge on any atom is -0.341 e. The number of carbonyl (C=O) groups excluding carboxylic acids is 2.